The maximum Gasteiger partial charge on any atom is 0.144 e. The highest BCUT2D eigenvalue weighted by molar-refractivity contribution is 7.27. The zero-order valence-corrected chi connectivity index (χ0v) is 7.38. The number of pyridine rings is 1. The SMILES string of the molecule is N#Cc1cnc2ccc(P)cn12. The second kappa shape index (κ2) is 2.58. The van der Waals surface area contributed by atoms with E-state index >= 15 is 0 Å². The van der Waals surface area contributed by atoms with Gasteiger partial charge in [-0.05, 0) is 17.4 Å². The van der Waals surface area contributed by atoms with Crippen LogP contribution in [0.1, 0.15) is 5.69 Å². The van der Waals surface area contributed by atoms with Gasteiger partial charge in [-0.25, -0.2) is 4.98 Å². The molecular weight excluding hydrogens is 169 g/mol. The highest BCUT2D eigenvalue weighted by Crippen LogP contribution is 2.04. The zero-order chi connectivity index (χ0) is 8.55. The first kappa shape index (κ1) is 7.27. The van der Waals surface area contributed by atoms with Crippen LogP contribution in [-0.2, 0) is 0 Å². The van der Waals surface area contributed by atoms with E-state index < -0.39 is 0 Å². The number of imidazole rings is 1. The molecule has 2 rings (SSSR count). The highest BCUT2D eigenvalue weighted by atomic mass is 31.0. The van der Waals surface area contributed by atoms with Crippen LogP contribution >= 0.6 is 9.24 Å². The predicted octanol–water partition coefficient (Wildman–Crippen LogP) is 0.706. The molecule has 0 bridgehead atoms. The topological polar surface area (TPSA) is 41.1 Å². The van der Waals surface area contributed by atoms with E-state index in [1.54, 1.807) is 10.6 Å². The van der Waals surface area contributed by atoms with Crippen molar-refractivity contribution in [3.05, 3.63) is 30.2 Å². The van der Waals surface area contributed by atoms with Gasteiger partial charge in [0.15, 0.2) is 0 Å². The second-order valence-electron chi connectivity index (χ2n) is 2.45. The molecule has 0 aliphatic rings. The van der Waals surface area contributed by atoms with Gasteiger partial charge in [0.25, 0.3) is 0 Å². The van der Waals surface area contributed by atoms with Gasteiger partial charge >= 0.3 is 0 Å². The summed E-state index contributed by atoms with van der Waals surface area (Å²) in [5, 5.41) is 9.74. The van der Waals surface area contributed by atoms with E-state index in [0.717, 1.165) is 11.0 Å². The normalized spacial score (nSPS) is 10.0. The molecule has 0 aromatic carbocycles. The first-order chi connectivity index (χ1) is 5.81. The molecule has 1 unspecified atom stereocenters. The molecule has 0 fully saturated rings. The van der Waals surface area contributed by atoms with E-state index in [1.165, 1.54) is 0 Å². The van der Waals surface area contributed by atoms with Gasteiger partial charge in [-0.15, -0.1) is 9.24 Å². The van der Waals surface area contributed by atoms with Crippen molar-refractivity contribution >= 4 is 20.2 Å². The highest BCUT2D eigenvalue weighted by Gasteiger charge is 2.00. The van der Waals surface area contributed by atoms with Crippen LogP contribution in [0.5, 0.6) is 0 Å². The molecule has 2 aromatic heterocycles. The van der Waals surface area contributed by atoms with Crippen molar-refractivity contribution in [2.24, 2.45) is 0 Å². The van der Waals surface area contributed by atoms with Crippen molar-refractivity contribution in [3.63, 3.8) is 0 Å². The molecule has 4 heteroatoms. The molecule has 58 valence electrons. The molecule has 2 aromatic rings. The molecule has 0 saturated carbocycles. The number of rotatable bonds is 0. The van der Waals surface area contributed by atoms with Crippen LogP contribution in [0.3, 0.4) is 0 Å². The molecule has 0 amide bonds. The standard InChI is InChI=1S/C8H6N3P/c9-3-6-4-10-8-2-1-7(12)5-11(6)8/h1-2,4-5H,12H2. The Hall–Kier alpha value is -1.39. The van der Waals surface area contributed by atoms with Crippen molar-refractivity contribution in [2.45, 2.75) is 0 Å². The fourth-order valence-electron chi connectivity index (χ4n) is 1.08. The Balaban J connectivity index is 2.86. The molecule has 0 radical (unpaired) electrons. The molecule has 1 atom stereocenters. The molecule has 2 heterocycles. The molecule has 0 N–H and O–H groups in total. The Morgan fingerprint density at radius 3 is 3.08 bits per heavy atom. The van der Waals surface area contributed by atoms with E-state index in [9.17, 15) is 0 Å². The van der Waals surface area contributed by atoms with Crippen LogP contribution in [-0.4, -0.2) is 9.38 Å². The van der Waals surface area contributed by atoms with E-state index in [0.29, 0.717) is 5.69 Å². The quantitative estimate of drug-likeness (QED) is 0.553. The average molecular weight is 175 g/mol. The van der Waals surface area contributed by atoms with Gasteiger partial charge in [-0.3, -0.25) is 4.40 Å². The summed E-state index contributed by atoms with van der Waals surface area (Å²) in [4.78, 5) is 4.06. The molecule has 3 nitrogen and oxygen atoms in total. The molecule has 0 aliphatic heterocycles. The van der Waals surface area contributed by atoms with Crippen LogP contribution in [0, 0.1) is 11.3 Å². The predicted molar refractivity (Wildman–Crippen MR) is 49.3 cm³/mol. The van der Waals surface area contributed by atoms with Gasteiger partial charge in [0.2, 0.25) is 0 Å². The average Bonchev–Trinajstić information content (AvgIpc) is 2.46. The van der Waals surface area contributed by atoms with Gasteiger partial charge in [0, 0.05) is 6.20 Å². The zero-order valence-electron chi connectivity index (χ0n) is 6.23. The first-order valence-corrected chi connectivity index (χ1v) is 4.01. The number of aromatic nitrogens is 2. The van der Waals surface area contributed by atoms with E-state index in [4.69, 9.17) is 5.26 Å². The van der Waals surface area contributed by atoms with Gasteiger partial charge in [0.1, 0.15) is 17.4 Å². The van der Waals surface area contributed by atoms with Gasteiger partial charge in [-0.2, -0.15) is 5.26 Å². The third-order valence-corrected chi connectivity index (χ3v) is 1.98. The summed E-state index contributed by atoms with van der Waals surface area (Å²) in [6.45, 7) is 0. The largest absolute Gasteiger partial charge is 0.291 e. The van der Waals surface area contributed by atoms with Crippen LogP contribution in [0.15, 0.2) is 24.5 Å². The summed E-state index contributed by atoms with van der Waals surface area (Å²) in [7, 11) is 2.58. The Morgan fingerprint density at radius 1 is 1.50 bits per heavy atom. The van der Waals surface area contributed by atoms with Crippen molar-refractivity contribution in [1.82, 2.24) is 9.38 Å². The minimum Gasteiger partial charge on any atom is -0.291 e. The van der Waals surface area contributed by atoms with E-state index in [-0.39, 0.29) is 0 Å². The van der Waals surface area contributed by atoms with Crippen molar-refractivity contribution in [2.75, 3.05) is 0 Å². The Bertz CT molecular complexity index is 467. The first-order valence-electron chi connectivity index (χ1n) is 3.44. The lowest BCUT2D eigenvalue weighted by Gasteiger charge is -1.95. The Kier molecular flexibility index (Phi) is 1.56. The molecular formula is C8H6N3P. The summed E-state index contributed by atoms with van der Waals surface area (Å²) >= 11 is 0. The fraction of sp³-hybridized carbons (Fsp3) is 0. The third-order valence-electron chi connectivity index (χ3n) is 1.64. The number of hydrogen-bond acceptors (Lipinski definition) is 2. The maximum atomic E-state index is 8.70. The van der Waals surface area contributed by atoms with Crippen molar-refractivity contribution < 1.29 is 0 Å². The number of nitriles is 1. The van der Waals surface area contributed by atoms with Gasteiger partial charge in [-0.1, -0.05) is 0 Å². The van der Waals surface area contributed by atoms with E-state index in [2.05, 4.69) is 20.3 Å². The second-order valence-corrected chi connectivity index (χ2v) is 3.11. The van der Waals surface area contributed by atoms with Crippen molar-refractivity contribution in [3.8, 4) is 6.07 Å². The lowest BCUT2D eigenvalue weighted by atomic mass is 10.4. The summed E-state index contributed by atoms with van der Waals surface area (Å²) < 4.78 is 1.77. The molecule has 0 saturated heterocycles. The van der Waals surface area contributed by atoms with Crippen LogP contribution in [0.4, 0.5) is 0 Å². The van der Waals surface area contributed by atoms with Crippen molar-refractivity contribution in [1.29, 1.82) is 5.26 Å². The number of nitrogens with zero attached hydrogens (tertiary/aromatic N) is 3. The van der Waals surface area contributed by atoms with Crippen LogP contribution in [0.2, 0.25) is 0 Å². The lowest BCUT2D eigenvalue weighted by molar-refractivity contribution is 1.16. The minimum absolute atomic E-state index is 0.564. The number of hydrogen-bond donors (Lipinski definition) is 0. The van der Waals surface area contributed by atoms with Crippen LogP contribution < -0.4 is 5.30 Å². The molecule has 0 spiro atoms. The number of fused-ring (bicyclic) bond motifs is 1. The van der Waals surface area contributed by atoms with E-state index in [1.807, 2.05) is 18.3 Å². The summed E-state index contributed by atoms with van der Waals surface area (Å²) in [6.07, 6.45) is 3.44. The summed E-state index contributed by atoms with van der Waals surface area (Å²) in [5.74, 6) is 0. The third kappa shape index (κ3) is 0.975. The molecule has 12 heavy (non-hydrogen) atoms. The summed E-state index contributed by atoms with van der Waals surface area (Å²) in [6, 6.07) is 5.89. The Morgan fingerprint density at radius 2 is 2.33 bits per heavy atom. The minimum atomic E-state index is 0.564. The monoisotopic (exact) mass is 175 g/mol. The lowest BCUT2D eigenvalue weighted by Crippen LogP contribution is -1.96. The molecule has 0 aliphatic carbocycles. The Labute approximate surface area is 71.9 Å². The maximum absolute atomic E-state index is 8.70. The van der Waals surface area contributed by atoms with Crippen LogP contribution in [0.25, 0.3) is 5.65 Å². The smallest absolute Gasteiger partial charge is 0.144 e. The van der Waals surface area contributed by atoms with Gasteiger partial charge in [0.05, 0.1) is 6.20 Å². The summed E-state index contributed by atoms with van der Waals surface area (Å²) in [5.41, 5.74) is 1.37. The van der Waals surface area contributed by atoms with Gasteiger partial charge < -0.3 is 0 Å². The fourth-order valence-corrected chi connectivity index (χ4v) is 1.32.